The Hall–Kier alpha value is -3.62. The van der Waals surface area contributed by atoms with Crippen LogP contribution in [0.2, 0.25) is 0 Å². The molecule has 3 rings (SSSR count). The van der Waals surface area contributed by atoms with Gasteiger partial charge < -0.3 is 10.1 Å². The van der Waals surface area contributed by atoms with Gasteiger partial charge in [-0.25, -0.2) is 9.48 Å². The molecule has 2 aromatic carbocycles. The van der Waals surface area contributed by atoms with E-state index < -0.39 is 30.2 Å². The second-order valence-corrected chi connectivity index (χ2v) is 6.50. The third-order valence-corrected chi connectivity index (χ3v) is 4.32. The Morgan fingerprint density at radius 3 is 2.43 bits per heavy atom. The van der Waals surface area contributed by atoms with Crippen molar-refractivity contribution >= 4 is 17.6 Å². The predicted molar refractivity (Wildman–Crippen MR) is 103 cm³/mol. The number of amides is 1. The molecule has 0 aliphatic rings. The van der Waals surface area contributed by atoms with Gasteiger partial charge in [-0.2, -0.15) is 18.3 Å². The van der Waals surface area contributed by atoms with E-state index in [0.717, 1.165) is 17.8 Å². The van der Waals surface area contributed by atoms with E-state index in [1.165, 1.54) is 6.07 Å². The number of carbonyl (C=O) groups is 2. The van der Waals surface area contributed by atoms with Gasteiger partial charge in [-0.1, -0.05) is 24.3 Å². The van der Waals surface area contributed by atoms with Gasteiger partial charge in [-0.05, 0) is 44.2 Å². The quantitative estimate of drug-likeness (QED) is 0.628. The Labute approximate surface area is 170 Å². The lowest BCUT2D eigenvalue weighted by Gasteiger charge is -2.09. The van der Waals surface area contributed by atoms with Crippen LogP contribution in [0.15, 0.2) is 54.6 Å². The lowest BCUT2D eigenvalue weighted by atomic mass is 10.1. The molecule has 0 aliphatic heterocycles. The summed E-state index contributed by atoms with van der Waals surface area (Å²) in [6, 6.07) is 13.1. The maximum Gasteiger partial charge on any atom is 0.416 e. The topological polar surface area (TPSA) is 73.2 Å². The second-order valence-electron chi connectivity index (χ2n) is 6.50. The molecule has 1 amide bonds. The zero-order valence-electron chi connectivity index (χ0n) is 16.2. The molecular weight excluding hydrogens is 399 g/mol. The highest BCUT2D eigenvalue weighted by molar-refractivity contribution is 5.96. The molecule has 0 saturated carbocycles. The van der Waals surface area contributed by atoms with E-state index in [4.69, 9.17) is 4.74 Å². The standard InChI is InChI=1S/C21H18F3N3O3/c1-13-19(14(2)27(26-13)17-9-4-3-5-10-17)25-18(28)12-30-20(29)15-7-6-8-16(11-15)21(22,23)24/h3-11H,12H2,1-2H3,(H,25,28). The number of anilines is 1. The van der Waals surface area contributed by atoms with E-state index in [1.807, 2.05) is 30.3 Å². The summed E-state index contributed by atoms with van der Waals surface area (Å²) in [6.07, 6.45) is -4.58. The molecule has 0 fully saturated rings. The number of aromatic nitrogens is 2. The summed E-state index contributed by atoms with van der Waals surface area (Å²) in [7, 11) is 0. The smallest absolute Gasteiger partial charge is 0.416 e. The first-order valence-corrected chi connectivity index (χ1v) is 8.92. The summed E-state index contributed by atoms with van der Waals surface area (Å²) < 4.78 is 44.8. The van der Waals surface area contributed by atoms with Gasteiger partial charge in [0.25, 0.3) is 5.91 Å². The molecule has 0 spiro atoms. The van der Waals surface area contributed by atoms with Crippen molar-refractivity contribution in [2.45, 2.75) is 20.0 Å². The van der Waals surface area contributed by atoms with Crippen LogP contribution in [0.25, 0.3) is 5.69 Å². The van der Waals surface area contributed by atoms with Crippen molar-refractivity contribution in [2.75, 3.05) is 11.9 Å². The molecule has 3 aromatic rings. The molecule has 156 valence electrons. The summed E-state index contributed by atoms with van der Waals surface area (Å²) in [5.41, 5.74) is 1.27. The highest BCUT2D eigenvalue weighted by Crippen LogP contribution is 2.29. The minimum atomic E-state index is -4.58. The number of ether oxygens (including phenoxy) is 1. The van der Waals surface area contributed by atoms with Crippen LogP contribution >= 0.6 is 0 Å². The number of aryl methyl sites for hydroxylation is 1. The Morgan fingerprint density at radius 1 is 1.07 bits per heavy atom. The van der Waals surface area contributed by atoms with Crippen LogP contribution in [-0.4, -0.2) is 28.3 Å². The van der Waals surface area contributed by atoms with Crippen molar-refractivity contribution in [1.82, 2.24) is 9.78 Å². The third kappa shape index (κ3) is 4.68. The van der Waals surface area contributed by atoms with Crippen LogP contribution in [0.3, 0.4) is 0 Å². The molecule has 30 heavy (non-hydrogen) atoms. The van der Waals surface area contributed by atoms with Crippen LogP contribution in [0.1, 0.15) is 27.3 Å². The molecule has 6 nitrogen and oxygen atoms in total. The van der Waals surface area contributed by atoms with E-state index in [1.54, 1.807) is 18.5 Å². The summed E-state index contributed by atoms with van der Waals surface area (Å²) in [5.74, 6) is -1.65. The molecule has 9 heteroatoms. The number of nitrogens with one attached hydrogen (secondary N) is 1. The Balaban J connectivity index is 1.66. The number of hydrogen-bond donors (Lipinski definition) is 1. The lowest BCUT2D eigenvalue weighted by molar-refractivity contribution is -0.137. The van der Waals surface area contributed by atoms with Crippen LogP contribution in [0.5, 0.6) is 0 Å². The number of rotatable bonds is 5. The predicted octanol–water partition coefficient (Wildman–Crippen LogP) is 4.30. The summed E-state index contributed by atoms with van der Waals surface area (Å²) in [5, 5.41) is 7.03. The number of halogens is 3. The van der Waals surface area contributed by atoms with Crippen molar-refractivity contribution in [3.05, 3.63) is 77.1 Å². The number of hydrogen-bond acceptors (Lipinski definition) is 4. The number of carbonyl (C=O) groups excluding carboxylic acids is 2. The third-order valence-electron chi connectivity index (χ3n) is 4.32. The van der Waals surface area contributed by atoms with E-state index in [0.29, 0.717) is 23.1 Å². The largest absolute Gasteiger partial charge is 0.452 e. The minimum absolute atomic E-state index is 0.290. The Kier molecular flexibility index (Phi) is 5.91. The average Bonchev–Trinajstić information content (AvgIpc) is 3.00. The zero-order valence-corrected chi connectivity index (χ0v) is 16.2. The monoisotopic (exact) mass is 417 g/mol. The van der Waals surface area contributed by atoms with E-state index >= 15 is 0 Å². The van der Waals surface area contributed by atoms with Crippen molar-refractivity contribution in [1.29, 1.82) is 0 Å². The number of nitrogens with zero attached hydrogens (tertiary/aromatic N) is 2. The summed E-state index contributed by atoms with van der Waals surface area (Å²) >= 11 is 0. The summed E-state index contributed by atoms with van der Waals surface area (Å²) in [4.78, 5) is 24.2. The highest BCUT2D eigenvalue weighted by atomic mass is 19.4. The fraction of sp³-hybridized carbons (Fsp3) is 0.190. The van der Waals surface area contributed by atoms with Gasteiger partial charge in [-0.15, -0.1) is 0 Å². The highest BCUT2D eigenvalue weighted by Gasteiger charge is 2.31. The van der Waals surface area contributed by atoms with E-state index in [2.05, 4.69) is 10.4 Å². The Morgan fingerprint density at radius 2 is 1.77 bits per heavy atom. The van der Waals surface area contributed by atoms with Crippen molar-refractivity contribution < 1.29 is 27.5 Å². The molecule has 0 bridgehead atoms. The first kappa shape index (κ1) is 21.1. The SMILES string of the molecule is Cc1nn(-c2ccccc2)c(C)c1NC(=O)COC(=O)c1cccc(C(F)(F)F)c1. The normalized spacial score (nSPS) is 11.2. The Bertz CT molecular complexity index is 1080. The molecule has 0 saturated heterocycles. The minimum Gasteiger partial charge on any atom is -0.452 e. The zero-order chi connectivity index (χ0) is 21.9. The number of benzene rings is 2. The molecule has 0 radical (unpaired) electrons. The maximum absolute atomic E-state index is 12.8. The van der Waals surface area contributed by atoms with Crippen LogP contribution in [0.4, 0.5) is 18.9 Å². The van der Waals surface area contributed by atoms with Gasteiger partial charge in [0.2, 0.25) is 0 Å². The van der Waals surface area contributed by atoms with Crippen molar-refractivity contribution in [3.8, 4) is 5.69 Å². The fourth-order valence-electron chi connectivity index (χ4n) is 2.86. The molecule has 1 N–H and O–H groups in total. The first-order chi connectivity index (χ1) is 14.2. The molecule has 0 aliphatic carbocycles. The van der Waals surface area contributed by atoms with Gasteiger partial charge in [-0.3, -0.25) is 4.79 Å². The van der Waals surface area contributed by atoms with Gasteiger partial charge >= 0.3 is 12.1 Å². The van der Waals surface area contributed by atoms with Crippen LogP contribution in [-0.2, 0) is 15.7 Å². The van der Waals surface area contributed by atoms with E-state index in [-0.39, 0.29) is 5.56 Å². The van der Waals surface area contributed by atoms with Gasteiger partial charge in [0, 0.05) is 0 Å². The van der Waals surface area contributed by atoms with Gasteiger partial charge in [0.05, 0.1) is 33.9 Å². The summed E-state index contributed by atoms with van der Waals surface area (Å²) in [6.45, 7) is 2.85. The lowest BCUT2D eigenvalue weighted by Crippen LogP contribution is -2.21. The van der Waals surface area contributed by atoms with E-state index in [9.17, 15) is 22.8 Å². The van der Waals surface area contributed by atoms with Gasteiger partial charge in [0.1, 0.15) is 0 Å². The molecule has 0 unspecified atom stereocenters. The fourth-order valence-corrected chi connectivity index (χ4v) is 2.86. The van der Waals surface area contributed by atoms with Gasteiger partial charge in [0.15, 0.2) is 6.61 Å². The molecule has 1 heterocycles. The molecule has 0 atom stereocenters. The number of esters is 1. The maximum atomic E-state index is 12.8. The van der Waals surface area contributed by atoms with Crippen LogP contribution < -0.4 is 5.32 Å². The van der Waals surface area contributed by atoms with Crippen molar-refractivity contribution in [2.24, 2.45) is 0 Å². The molecular formula is C21H18F3N3O3. The average molecular weight is 417 g/mol. The van der Waals surface area contributed by atoms with Crippen LogP contribution in [0, 0.1) is 13.8 Å². The number of alkyl halides is 3. The second kappa shape index (κ2) is 8.40. The number of para-hydroxylation sites is 1. The molecule has 1 aromatic heterocycles. The van der Waals surface area contributed by atoms with Crippen molar-refractivity contribution in [3.63, 3.8) is 0 Å². The first-order valence-electron chi connectivity index (χ1n) is 8.92.